The van der Waals surface area contributed by atoms with E-state index in [0.717, 1.165) is 29.5 Å². The molecule has 0 fully saturated rings. The minimum absolute atomic E-state index is 0.119. The van der Waals surface area contributed by atoms with Crippen LogP contribution >= 0.6 is 11.8 Å². The number of benzene rings is 1. The van der Waals surface area contributed by atoms with Crippen molar-refractivity contribution in [2.75, 3.05) is 19.4 Å². The number of aromatic amines is 1. The van der Waals surface area contributed by atoms with E-state index in [4.69, 9.17) is 4.74 Å². The molecule has 8 heteroatoms. The Morgan fingerprint density at radius 1 is 1.30 bits per heavy atom. The van der Waals surface area contributed by atoms with Crippen LogP contribution in [0.2, 0.25) is 0 Å². The molecule has 1 aromatic heterocycles. The van der Waals surface area contributed by atoms with E-state index >= 15 is 0 Å². The summed E-state index contributed by atoms with van der Waals surface area (Å²) in [6.07, 6.45) is 0.738. The second kappa shape index (κ2) is 8.33. The highest BCUT2D eigenvalue weighted by atomic mass is 32.2. The van der Waals surface area contributed by atoms with Crippen molar-refractivity contribution in [1.29, 1.82) is 0 Å². The lowest BCUT2D eigenvalue weighted by atomic mass is 10.1. The van der Waals surface area contributed by atoms with Gasteiger partial charge in [-0.05, 0) is 31.0 Å². The predicted octanol–water partition coefficient (Wildman–Crippen LogP) is 0.933. The third-order valence-electron chi connectivity index (χ3n) is 3.07. The van der Waals surface area contributed by atoms with Gasteiger partial charge in [0.25, 0.3) is 5.56 Å². The minimum Gasteiger partial charge on any atom is -0.497 e. The number of ether oxygens (including phenoxy) is 1. The maximum atomic E-state index is 11.8. The van der Waals surface area contributed by atoms with E-state index < -0.39 is 0 Å². The molecule has 0 bridgehead atoms. The summed E-state index contributed by atoms with van der Waals surface area (Å²) in [6.45, 7) is 2.12. The fourth-order valence-corrected chi connectivity index (χ4v) is 2.40. The third-order valence-corrected chi connectivity index (χ3v) is 3.94. The fraction of sp³-hybridized carbons (Fsp3) is 0.333. The summed E-state index contributed by atoms with van der Waals surface area (Å²) in [6, 6.07) is 7.71. The number of carbonyl (C=O) groups excluding carboxylic acids is 1. The molecular formula is C15H18N4O3S. The van der Waals surface area contributed by atoms with Gasteiger partial charge in [-0.25, -0.2) is 0 Å². The predicted molar refractivity (Wildman–Crippen MR) is 87.8 cm³/mol. The number of hydrogen-bond acceptors (Lipinski definition) is 6. The molecule has 0 saturated heterocycles. The number of methoxy groups -OCH3 is 1. The number of carbonyl (C=O) groups is 1. The lowest BCUT2D eigenvalue weighted by molar-refractivity contribution is -0.118. The van der Waals surface area contributed by atoms with E-state index in [1.165, 1.54) is 0 Å². The Kier molecular flexibility index (Phi) is 6.16. The monoisotopic (exact) mass is 334 g/mol. The second-order valence-corrected chi connectivity index (χ2v) is 5.75. The highest BCUT2D eigenvalue weighted by molar-refractivity contribution is 7.99. The molecule has 1 amide bonds. The fourth-order valence-electron chi connectivity index (χ4n) is 1.77. The van der Waals surface area contributed by atoms with Crippen LogP contribution < -0.4 is 15.6 Å². The van der Waals surface area contributed by atoms with Gasteiger partial charge in [-0.3, -0.25) is 14.6 Å². The summed E-state index contributed by atoms with van der Waals surface area (Å²) < 4.78 is 5.09. The number of nitrogens with one attached hydrogen (secondary N) is 2. The molecule has 122 valence electrons. The van der Waals surface area contributed by atoms with E-state index in [2.05, 4.69) is 20.5 Å². The number of aromatic nitrogens is 3. The van der Waals surface area contributed by atoms with Crippen molar-refractivity contribution in [3.05, 3.63) is 45.9 Å². The van der Waals surface area contributed by atoms with Gasteiger partial charge >= 0.3 is 0 Å². The molecule has 2 aromatic rings. The van der Waals surface area contributed by atoms with E-state index in [1.807, 2.05) is 24.3 Å². The number of aryl methyl sites for hydroxylation is 1. The normalized spacial score (nSPS) is 10.3. The van der Waals surface area contributed by atoms with Crippen LogP contribution in [0.15, 0.2) is 34.2 Å². The second-order valence-electron chi connectivity index (χ2n) is 4.78. The van der Waals surface area contributed by atoms with Gasteiger partial charge in [-0.2, -0.15) is 0 Å². The molecule has 7 nitrogen and oxygen atoms in total. The summed E-state index contributed by atoms with van der Waals surface area (Å²) >= 11 is 1.14. The van der Waals surface area contributed by atoms with Gasteiger partial charge in [0.1, 0.15) is 11.4 Å². The zero-order valence-electron chi connectivity index (χ0n) is 13.0. The van der Waals surface area contributed by atoms with Crippen molar-refractivity contribution in [2.45, 2.75) is 18.5 Å². The van der Waals surface area contributed by atoms with Crippen LogP contribution in [-0.4, -0.2) is 40.5 Å². The van der Waals surface area contributed by atoms with Gasteiger partial charge in [0, 0.05) is 6.54 Å². The van der Waals surface area contributed by atoms with Crippen molar-refractivity contribution in [3.63, 3.8) is 0 Å². The molecule has 0 aliphatic rings. The smallest absolute Gasteiger partial charge is 0.273 e. The molecule has 0 spiro atoms. The summed E-state index contributed by atoms with van der Waals surface area (Å²) in [5, 5.41) is 10.7. The first-order valence-electron chi connectivity index (χ1n) is 7.04. The zero-order chi connectivity index (χ0) is 16.7. The van der Waals surface area contributed by atoms with Crippen molar-refractivity contribution < 1.29 is 9.53 Å². The Bertz CT molecular complexity index is 715. The molecule has 23 heavy (non-hydrogen) atoms. The SMILES string of the molecule is COc1ccc(CCNC(=O)CSc2nnc(C)c(=O)[nH]2)cc1. The lowest BCUT2D eigenvalue weighted by Crippen LogP contribution is -2.27. The molecule has 1 heterocycles. The molecule has 0 atom stereocenters. The Morgan fingerprint density at radius 3 is 2.70 bits per heavy atom. The summed E-state index contributed by atoms with van der Waals surface area (Å²) in [5.74, 6) is 0.866. The molecule has 1 aromatic carbocycles. The topological polar surface area (TPSA) is 97.0 Å². The van der Waals surface area contributed by atoms with Crippen LogP contribution in [0.5, 0.6) is 5.75 Å². The van der Waals surface area contributed by atoms with Crippen LogP contribution in [-0.2, 0) is 11.2 Å². The summed E-state index contributed by atoms with van der Waals surface area (Å²) in [4.78, 5) is 25.7. The van der Waals surface area contributed by atoms with Crippen LogP contribution in [0, 0.1) is 6.92 Å². The molecule has 0 radical (unpaired) electrons. The van der Waals surface area contributed by atoms with Crippen LogP contribution in [0.4, 0.5) is 0 Å². The zero-order valence-corrected chi connectivity index (χ0v) is 13.8. The third kappa shape index (κ3) is 5.41. The van der Waals surface area contributed by atoms with Gasteiger partial charge in [0.2, 0.25) is 5.91 Å². The first kappa shape index (κ1) is 17.0. The Hall–Kier alpha value is -2.35. The summed E-state index contributed by atoms with van der Waals surface area (Å²) in [7, 11) is 1.62. The number of amides is 1. The molecular weight excluding hydrogens is 316 g/mol. The first-order chi connectivity index (χ1) is 11.1. The quantitative estimate of drug-likeness (QED) is 0.731. The van der Waals surface area contributed by atoms with E-state index in [-0.39, 0.29) is 17.2 Å². The number of rotatable bonds is 7. The highest BCUT2D eigenvalue weighted by Crippen LogP contribution is 2.11. The van der Waals surface area contributed by atoms with Crippen molar-refractivity contribution in [2.24, 2.45) is 0 Å². The van der Waals surface area contributed by atoms with Gasteiger partial charge < -0.3 is 10.1 Å². The Morgan fingerprint density at radius 2 is 2.04 bits per heavy atom. The largest absolute Gasteiger partial charge is 0.497 e. The molecule has 0 unspecified atom stereocenters. The van der Waals surface area contributed by atoms with E-state index in [1.54, 1.807) is 14.0 Å². The number of nitrogens with zero attached hydrogens (tertiary/aromatic N) is 2. The van der Waals surface area contributed by atoms with Gasteiger partial charge in [-0.15, -0.1) is 10.2 Å². The number of hydrogen-bond donors (Lipinski definition) is 2. The molecule has 0 aliphatic carbocycles. The van der Waals surface area contributed by atoms with E-state index in [0.29, 0.717) is 17.4 Å². The number of thioether (sulfide) groups is 1. The van der Waals surface area contributed by atoms with Crippen LogP contribution in [0.3, 0.4) is 0 Å². The average molecular weight is 334 g/mol. The minimum atomic E-state index is -0.289. The van der Waals surface area contributed by atoms with E-state index in [9.17, 15) is 9.59 Å². The van der Waals surface area contributed by atoms with Gasteiger partial charge in [0.05, 0.1) is 12.9 Å². The molecule has 2 rings (SSSR count). The molecule has 2 N–H and O–H groups in total. The number of H-pyrrole nitrogens is 1. The van der Waals surface area contributed by atoms with Gasteiger partial charge in [0.15, 0.2) is 5.16 Å². The van der Waals surface area contributed by atoms with Crippen molar-refractivity contribution in [1.82, 2.24) is 20.5 Å². The lowest BCUT2D eigenvalue weighted by Gasteiger charge is -2.06. The first-order valence-corrected chi connectivity index (χ1v) is 8.03. The molecule has 0 saturated carbocycles. The Balaban J connectivity index is 1.72. The maximum absolute atomic E-state index is 11.8. The standard InChI is InChI=1S/C15H18N4O3S/c1-10-14(21)17-15(19-18-10)23-9-13(20)16-8-7-11-3-5-12(22-2)6-4-11/h3-6H,7-9H2,1-2H3,(H,16,20)(H,17,19,21). The molecule has 0 aliphatic heterocycles. The highest BCUT2D eigenvalue weighted by Gasteiger charge is 2.06. The van der Waals surface area contributed by atoms with Crippen molar-refractivity contribution in [3.8, 4) is 5.75 Å². The Labute approximate surface area is 137 Å². The average Bonchev–Trinajstić information content (AvgIpc) is 2.56. The van der Waals surface area contributed by atoms with Gasteiger partial charge in [-0.1, -0.05) is 23.9 Å². The maximum Gasteiger partial charge on any atom is 0.273 e. The van der Waals surface area contributed by atoms with Crippen LogP contribution in [0.25, 0.3) is 0 Å². The van der Waals surface area contributed by atoms with Crippen LogP contribution in [0.1, 0.15) is 11.3 Å². The summed E-state index contributed by atoms with van der Waals surface area (Å²) in [5.41, 5.74) is 1.13. The van der Waals surface area contributed by atoms with Crippen molar-refractivity contribution >= 4 is 17.7 Å².